The van der Waals surface area contributed by atoms with Crippen molar-refractivity contribution in [2.24, 2.45) is 11.8 Å². The van der Waals surface area contributed by atoms with Crippen molar-refractivity contribution in [3.8, 4) is 0 Å². The molecule has 7 nitrogen and oxygen atoms in total. The van der Waals surface area contributed by atoms with Gasteiger partial charge in [0.15, 0.2) is 9.84 Å². The first-order valence-electron chi connectivity index (χ1n) is 10.3. The number of sulfone groups is 1. The fourth-order valence-corrected chi connectivity index (χ4v) is 6.05. The summed E-state index contributed by atoms with van der Waals surface area (Å²) in [6, 6.07) is 0.431. The summed E-state index contributed by atoms with van der Waals surface area (Å²) in [7, 11) is -3.03. The number of nitrogens with zero attached hydrogens (tertiary/aromatic N) is 3. The van der Waals surface area contributed by atoms with E-state index in [2.05, 4.69) is 10.3 Å². The molecule has 3 atom stereocenters. The zero-order valence-electron chi connectivity index (χ0n) is 16.9. The molecule has 4 rings (SSSR count). The number of amides is 1. The molecule has 0 unspecified atom stereocenters. The summed E-state index contributed by atoms with van der Waals surface area (Å²) >= 11 is 0. The highest BCUT2D eigenvalue weighted by molar-refractivity contribution is 7.91. The van der Waals surface area contributed by atoms with Crippen molar-refractivity contribution >= 4 is 21.7 Å². The summed E-state index contributed by atoms with van der Waals surface area (Å²) in [6.45, 7) is 6.57. The van der Waals surface area contributed by atoms with E-state index < -0.39 is 9.84 Å². The van der Waals surface area contributed by atoms with E-state index in [9.17, 15) is 13.2 Å². The van der Waals surface area contributed by atoms with E-state index in [0.29, 0.717) is 29.2 Å². The van der Waals surface area contributed by atoms with Crippen molar-refractivity contribution in [3.05, 3.63) is 17.5 Å². The van der Waals surface area contributed by atoms with Gasteiger partial charge in [-0.15, -0.1) is 0 Å². The molecule has 154 valence electrons. The Balaban J connectivity index is 1.56. The number of hydrogen-bond acceptors (Lipinski definition) is 6. The summed E-state index contributed by atoms with van der Waals surface area (Å²) in [5.74, 6) is 2.01. The molecule has 1 amide bonds. The summed E-state index contributed by atoms with van der Waals surface area (Å²) < 4.78 is 23.3. The summed E-state index contributed by atoms with van der Waals surface area (Å²) in [4.78, 5) is 23.9. The van der Waals surface area contributed by atoms with E-state index in [-0.39, 0.29) is 35.9 Å². The van der Waals surface area contributed by atoms with Crippen LogP contribution in [0.4, 0.5) is 5.95 Å². The number of anilines is 1. The monoisotopic (exact) mass is 406 g/mol. The maximum atomic E-state index is 13.1. The Bertz CT molecular complexity index is 864. The van der Waals surface area contributed by atoms with Gasteiger partial charge in [-0.1, -0.05) is 27.2 Å². The number of aromatic nitrogens is 2. The Kier molecular flexibility index (Phi) is 4.88. The van der Waals surface area contributed by atoms with Gasteiger partial charge in [0.2, 0.25) is 5.95 Å². The van der Waals surface area contributed by atoms with Crippen LogP contribution in [-0.4, -0.2) is 59.8 Å². The minimum absolute atomic E-state index is 0.0221. The molecule has 0 radical (unpaired) electrons. The summed E-state index contributed by atoms with van der Waals surface area (Å²) in [5.41, 5.74) is 0.873. The fraction of sp³-hybridized carbons (Fsp3) is 0.750. The largest absolute Gasteiger partial charge is 0.351 e. The van der Waals surface area contributed by atoms with E-state index in [1.165, 1.54) is 25.7 Å². The zero-order valence-corrected chi connectivity index (χ0v) is 17.8. The molecule has 3 fully saturated rings. The van der Waals surface area contributed by atoms with Crippen molar-refractivity contribution in [1.82, 2.24) is 14.9 Å². The number of carbonyl (C=O) groups is 1. The van der Waals surface area contributed by atoms with Crippen LogP contribution in [-0.2, 0) is 15.3 Å². The van der Waals surface area contributed by atoms with Gasteiger partial charge in [-0.25, -0.2) is 18.4 Å². The third-order valence-corrected chi connectivity index (χ3v) is 8.02. The Hall–Kier alpha value is -1.70. The van der Waals surface area contributed by atoms with Crippen LogP contribution in [0.2, 0.25) is 0 Å². The average Bonchev–Trinajstić information content (AvgIpc) is 3.23. The molecule has 1 aromatic rings. The SMILES string of the molecule is CC(C)(C)c1nc(N[C@@H]2C[C@H]3CC[C@@H]2C3)ncc1C(=O)N1CCS(=O)(=O)CC1. The lowest BCUT2D eigenvalue weighted by atomic mass is 9.88. The standard InChI is InChI=1S/C20H30N4O3S/c1-20(2,3)17-15(18(25)24-6-8-28(26,27)9-7-24)12-21-19(23-17)22-16-11-13-4-5-14(16)10-13/h12-14,16H,4-11H2,1-3H3,(H,21,22,23)/t13-,14+,16+/m0/s1. The molecule has 3 aliphatic rings. The zero-order chi connectivity index (χ0) is 20.1. The van der Waals surface area contributed by atoms with Crippen LogP contribution in [0.5, 0.6) is 0 Å². The van der Waals surface area contributed by atoms with Crippen LogP contribution in [0, 0.1) is 11.8 Å². The van der Waals surface area contributed by atoms with Gasteiger partial charge >= 0.3 is 0 Å². The van der Waals surface area contributed by atoms with Crippen molar-refractivity contribution in [2.75, 3.05) is 29.9 Å². The van der Waals surface area contributed by atoms with Gasteiger partial charge < -0.3 is 10.2 Å². The Morgan fingerprint density at radius 2 is 1.89 bits per heavy atom. The van der Waals surface area contributed by atoms with Gasteiger partial charge in [0.1, 0.15) is 0 Å². The van der Waals surface area contributed by atoms with E-state index in [4.69, 9.17) is 4.98 Å². The van der Waals surface area contributed by atoms with Crippen molar-refractivity contribution in [3.63, 3.8) is 0 Å². The van der Waals surface area contributed by atoms with Gasteiger partial charge in [0.05, 0.1) is 22.8 Å². The summed E-state index contributed by atoms with van der Waals surface area (Å²) in [5, 5.41) is 3.51. The predicted molar refractivity (Wildman–Crippen MR) is 108 cm³/mol. The first-order valence-corrected chi connectivity index (χ1v) is 12.1. The lowest BCUT2D eigenvalue weighted by Gasteiger charge is -2.29. The Labute approximate surface area is 167 Å². The van der Waals surface area contributed by atoms with Gasteiger partial charge in [-0.05, 0) is 31.1 Å². The molecule has 1 N–H and O–H groups in total. The molecular formula is C20H30N4O3S. The quantitative estimate of drug-likeness (QED) is 0.828. The number of nitrogens with one attached hydrogen (secondary N) is 1. The smallest absolute Gasteiger partial charge is 0.257 e. The maximum absolute atomic E-state index is 13.1. The Morgan fingerprint density at radius 1 is 1.18 bits per heavy atom. The van der Waals surface area contributed by atoms with Gasteiger partial charge in [0.25, 0.3) is 5.91 Å². The first kappa shape index (κ1) is 19.6. The fourth-order valence-electron chi connectivity index (χ4n) is 4.85. The molecule has 1 saturated heterocycles. The Morgan fingerprint density at radius 3 is 2.46 bits per heavy atom. The lowest BCUT2D eigenvalue weighted by Crippen LogP contribution is -2.44. The second-order valence-corrected chi connectivity index (χ2v) is 11.9. The van der Waals surface area contributed by atoms with E-state index in [1.54, 1.807) is 11.1 Å². The maximum Gasteiger partial charge on any atom is 0.257 e. The van der Waals surface area contributed by atoms with Gasteiger partial charge in [0, 0.05) is 30.7 Å². The van der Waals surface area contributed by atoms with Crippen molar-refractivity contribution < 1.29 is 13.2 Å². The van der Waals surface area contributed by atoms with E-state index >= 15 is 0 Å². The minimum Gasteiger partial charge on any atom is -0.351 e. The molecule has 1 aliphatic heterocycles. The molecule has 1 aromatic heterocycles. The molecule has 0 spiro atoms. The van der Waals surface area contributed by atoms with Crippen LogP contribution in [0.1, 0.15) is 62.5 Å². The van der Waals surface area contributed by atoms with Crippen LogP contribution < -0.4 is 5.32 Å². The second-order valence-electron chi connectivity index (χ2n) is 9.58. The molecule has 2 bridgehead atoms. The molecule has 2 aliphatic carbocycles. The summed E-state index contributed by atoms with van der Waals surface area (Å²) in [6.07, 6.45) is 6.73. The molecule has 8 heteroatoms. The normalized spacial score (nSPS) is 29.1. The predicted octanol–water partition coefficient (Wildman–Crippen LogP) is 2.25. The van der Waals surface area contributed by atoms with Gasteiger partial charge in [-0.2, -0.15) is 0 Å². The third-order valence-electron chi connectivity index (χ3n) is 6.41. The number of rotatable bonds is 3. The average molecular weight is 407 g/mol. The number of hydrogen-bond donors (Lipinski definition) is 1. The van der Waals surface area contributed by atoms with E-state index in [0.717, 1.165) is 5.92 Å². The van der Waals surface area contributed by atoms with Crippen LogP contribution in [0.15, 0.2) is 6.20 Å². The first-order chi connectivity index (χ1) is 13.1. The molecule has 0 aromatic carbocycles. The topological polar surface area (TPSA) is 92.3 Å². The highest BCUT2D eigenvalue weighted by Gasteiger charge is 2.40. The van der Waals surface area contributed by atoms with Crippen LogP contribution in [0.25, 0.3) is 0 Å². The van der Waals surface area contributed by atoms with Crippen molar-refractivity contribution in [1.29, 1.82) is 0 Å². The number of fused-ring (bicyclic) bond motifs is 2. The molecule has 28 heavy (non-hydrogen) atoms. The highest BCUT2D eigenvalue weighted by Crippen LogP contribution is 2.45. The van der Waals surface area contributed by atoms with Crippen LogP contribution in [0.3, 0.4) is 0 Å². The van der Waals surface area contributed by atoms with Crippen LogP contribution >= 0.6 is 0 Å². The second kappa shape index (κ2) is 6.97. The van der Waals surface area contributed by atoms with Crippen molar-refractivity contribution in [2.45, 2.75) is 57.9 Å². The highest BCUT2D eigenvalue weighted by atomic mass is 32.2. The molecule has 2 heterocycles. The third kappa shape index (κ3) is 3.88. The van der Waals surface area contributed by atoms with Gasteiger partial charge in [-0.3, -0.25) is 4.79 Å². The molecule has 2 saturated carbocycles. The number of carbonyl (C=O) groups excluding carboxylic acids is 1. The molecular weight excluding hydrogens is 376 g/mol. The minimum atomic E-state index is -3.03. The lowest BCUT2D eigenvalue weighted by molar-refractivity contribution is 0.0766. The van der Waals surface area contributed by atoms with E-state index in [1.807, 2.05) is 20.8 Å².